The summed E-state index contributed by atoms with van der Waals surface area (Å²) in [6.07, 6.45) is 0.903. The maximum atomic E-state index is 4.65. The quantitative estimate of drug-likeness (QED) is 0.820. The summed E-state index contributed by atoms with van der Waals surface area (Å²) >= 11 is 1.63. The average Bonchev–Trinajstić information content (AvgIpc) is 2.96. The summed E-state index contributed by atoms with van der Waals surface area (Å²) in [5, 5.41) is 8.81. The number of aromatic nitrogens is 3. The van der Waals surface area contributed by atoms with Gasteiger partial charge >= 0.3 is 0 Å². The average molecular weight is 305 g/mol. The second kappa shape index (κ2) is 7.36. The molecule has 2 aromatic heterocycles. The van der Waals surface area contributed by atoms with Crippen molar-refractivity contribution in [2.24, 2.45) is 0 Å². The lowest BCUT2D eigenvalue weighted by atomic mass is 10.2. The Labute approximate surface area is 130 Å². The molecule has 5 nitrogen and oxygen atoms in total. The summed E-state index contributed by atoms with van der Waals surface area (Å²) in [4.78, 5) is 13.6. The lowest BCUT2D eigenvalue weighted by molar-refractivity contribution is 0.771. The second-order valence-corrected chi connectivity index (χ2v) is 5.96. The van der Waals surface area contributed by atoms with Crippen LogP contribution in [0.1, 0.15) is 43.8 Å². The van der Waals surface area contributed by atoms with Gasteiger partial charge in [-0.25, -0.2) is 15.0 Å². The van der Waals surface area contributed by atoms with Gasteiger partial charge in [0, 0.05) is 36.4 Å². The van der Waals surface area contributed by atoms with Crippen LogP contribution in [0.2, 0.25) is 0 Å². The SMILES string of the molecule is CCNc1nc(C(C)C)nc(NCCc2cscn2)c1C. The van der Waals surface area contributed by atoms with E-state index in [0.717, 1.165) is 48.2 Å². The van der Waals surface area contributed by atoms with Gasteiger partial charge in [-0.2, -0.15) is 0 Å². The van der Waals surface area contributed by atoms with Gasteiger partial charge < -0.3 is 10.6 Å². The number of hydrogen-bond acceptors (Lipinski definition) is 6. The minimum absolute atomic E-state index is 0.307. The maximum absolute atomic E-state index is 4.65. The smallest absolute Gasteiger partial charge is 0.135 e. The topological polar surface area (TPSA) is 62.7 Å². The van der Waals surface area contributed by atoms with Crippen LogP contribution in [-0.4, -0.2) is 28.0 Å². The Hall–Kier alpha value is -1.69. The molecule has 0 radical (unpaired) electrons. The minimum atomic E-state index is 0.307. The first-order chi connectivity index (χ1) is 10.1. The Morgan fingerprint density at radius 2 is 1.90 bits per heavy atom. The molecule has 0 atom stereocenters. The molecule has 114 valence electrons. The zero-order valence-corrected chi connectivity index (χ0v) is 13.9. The summed E-state index contributed by atoms with van der Waals surface area (Å²) in [6.45, 7) is 10.0. The van der Waals surface area contributed by atoms with Crippen LogP contribution in [0.25, 0.3) is 0 Å². The van der Waals surface area contributed by atoms with Crippen LogP contribution in [0, 0.1) is 6.92 Å². The number of hydrogen-bond donors (Lipinski definition) is 2. The number of nitrogens with one attached hydrogen (secondary N) is 2. The molecular weight excluding hydrogens is 282 g/mol. The van der Waals surface area contributed by atoms with E-state index in [1.807, 2.05) is 12.4 Å². The molecule has 0 spiro atoms. The van der Waals surface area contributed by atoms with Crippen molar-refractivity contribution in [3.05, 3.63) is 28.0 Å². The third-order valence-electron chi connectivity index (χ3n) is 3.18. The Morgan fingerprint density at radius 1 is 1.19 bits per heavy atom. The molecule has 2 rings (SSSR count). The third kappa shape index (κ3) is 4.14. The van der Waals surface area contributed by atoms with E-state index in [4.69, 9.17) is 0 Å². The van der Waals surface area contributed by atoms with Crippen molar-refractivity contribution in [3.63, 3.8) is 0 Å². The molecule has 6 heteroatoms. The van der Waals surface area contributed by atoms with Gasteiger partial charge in [-0.3, -0.25) is 0 Å². The molecule has 2 N–H and O–H groups in total. The molecular formula is C15H23N5S. The van der Waals surface area contributed by atoms with E-state index in [0.29, 0.717) is 5.92 Å². The highest BCUT2D eigenvalue weighted by Crippen LogP contribution is 2.23. The molecule has 0 bridgehead atoms. The predicted molar refractivity (Wildman–Crippen MR) is 89.3 cm³/mol. The molecule has 21 heavy (non-hydrogen) atoms. The molecule has 2 heterocycles. The zero-order chi connectivity index (χ0) is 15.2. The number of nitrogens with zero attached hydrogens (tertiary/aromatic N) is 3. The molecule has 2 aromatic rings. The lowest BCUT2D eigenvalue weighted by Crippen LogP contribution is -2.13. The molecule has 0 fully saturated rings. The van der Waals surface area contributed by atoms with Gasteiger partial charge in [0.05, 0.1) is 11.2 Å². The van der Waals surface area contributed by atoms with Gasteiger partial charge in [0.2, 0.25) is 0 Å². The largest absolute Gasteiger partial charge is 0.370 e. The third-order valence-corrected chi connectivity index (χ3v) is 3.82. The summed E-state index contributed by atoms with van der Waals surface area (Å²) in [5.74, 6) is 3.02. The first-order valence-electron chi connectivity index (χ1n) is 7.35. The van der Waals surface area contributed by atoms with Crippen molar-refractivity contribution in [1.29, 1.82) is 0 Å². The fourth-order valence-electron chi connectivity index (χ4n) is 1.97. The molecule has 0 aliphatic rings. The first-order valence-corrected chi connectivity index (χ1v) is 8.29. The van der Waals surface area contributed by atoms with Crippen molar-refractivity contribution >= 4 is 23.0 Å². The molecule has 0 unspecified atom stereocenters. The molecule has 0 saturated heterocycles. The van der Waals surface area contributed by atoms with E-state index in [1.54, 1.807) is 11.3 Å². The maximum Gasteiger partial charge on any atom is 0.135 e. The highest BCUT2D eigenvalue weighted by molar-refractivity contribution is 7.07. The van der Waals surface area contributed by atoms with E-state index >= 15 is 0 Å². The van der Waals surface area contributed by atoms with Gasteiger partial charge in [-0.15, -0.1) is 11.3 Å². The number of rotatable bonds is 7. The van der Waals surface area contributed by atoms with Crippen molar-refractivity contribution in [3.8, 4) is 0 Å². The molecule has 0 aliphatic heterocycles. The van der Waals surface area contributed by atoms with E-state index in [2.05, 4.69) is 51.7 Å². The van der Waals surface area contributed by atoms with Crippen LogP contribution in [0.3, 0.4) is 0 Å². The zero-order valence-electron chi connectivity index (χ0n) is 13.1. The van der Waals surface area contributed by atoms with Crippen LogP contribution in [-0.2, 0) is 6.42 Å². The van der Waals surface area contributed by atoms with E-state index < -0.39 is 0 Å². The predicted octanol–water partition coefficient (Wildman–Crippen LogP) is 3.45. The fraction of sp³-hybridized carbons (Fsp3) is 0.533. The Balaban J connectivity index is 2.12. The van der Waals surface area contributed by atoms with Crippen LogP contribution in [0.5, 0.6) is 0 Å². The molecule has 0 amide bonds. The summed E-state index contributed by atoms with van der Waals surface area (Å²) in [7, 11) is 0. The van der Waals surface area contributed by atoms with Gasteiger partial charge in [0.15, 0.2) is 0 Å². The lowest BCUT2D eigenvalue weighted by Gasteiger charge is -2.15. The highest BCUT2D eigenvalue weighted by Gasteiger charge is 2.12. The summed E-state index contributed by atoms with van der Waals surface area (Å²) in [5.41, 5.74) is 4.06. The first kappa shape index (κ1) is 15.7. The van der Waals surface area contributed by atoms with E-state index in [1.165, 1.54) is 0 Å². The monoisotopic (exact) mass is 305 g/mol. The van der Waals surface area contributed by atoms with Crippen molar-refractivity contribution < 1.29 is 0 Å². The minimum Gasteiger partial charge on any atom is -0.370 e. The van der Waals surface area contributed by atoms with Crippen molar-refractivity contribution in [1.82, 2.24) is 15.0 Å². The fourth-order valence-corrected chi connectivity index (χ4v) is 2.57. The Morgan fingerprint density at radius 3 is 2.48 bits per heavy atom. The van der Waals surface area contributed by atoms with Crippen LogP contribution in [0.4, 0.5) is 11.6 Å². The van der Waals surface area contributed by atoms with Crippen molar-refractivity contribution in [2.75, 3.05) is 23.7 Å². The van der Waals surface area contributed by atoms with Gasteiger partial charge in [0.1, 0.15) is 17.5 Å². The van der Waals surface area contributed by atoms with Gasteiger partial charge in [0.25, 0.3) is 0 Å². The van der Waals surface area contributed by atoms with Crippen LogP contribution < -0.4 is 10.6 Å². The number of thiazole rings is 1. The highest BCUT2D eigenvalue weighted by atomic mass is 32.1. The van der Waals surface area contributed by atoms with E-state index in [-0.39, 0.29) is 0 Å². The van der Waals surface area contributed by atoms with Crippen LogP contribution in [0.15, 0.2) is 10.9 Å². The summed E-state index contributed by atoms with van der Waals surface area (Å²) in [6, 6.07) is 0. The van der Waals surface area contributed by atoms with Gasteiger partial charge in [-0.05, 0) is 13.8 Å². The molecule has 0 saturated carbocycles. The number of anilines is 2. The van der Waals surface area contributed by atoms with Gasteiger partial charge in [-0.1, -0.05) is 13.8 Å². The standard InChI is InChI=1S/C15H23N5S/c1-5-16-14-11(4)15(20-13(19-14)10(2)3)17-7-6-12-8-21-9-18-12/h8-10H,5-7H2,1-4H3,(H2,16,17,19,20). The summed E-state index contributed by atoms with van der Waals surface area (Å²) < 4.78 is 0. The van der Waals surface area contributed by atoms with Crippen LogP contribution >= 0.6 is 11.3 Å². The van der Waals surface area contributed by atoms with Crippen molar-refractivity contribution in [2.45, 2.75) is 40.0 Å². The van der Waals surface area contributed by atoms with E-state index in [9.17, 15) is 0 Å². The second-order valence-electron chi connectivity index (χ2n) is 5.25. The normalized spacial score (nSPS) is 10.9. The molecule has 0 aliphatic carbocycles. The Bertz CT molecular complexity index is 566. The molecule has 0 aromatic carbocycles. The Kier molecular flexibility index (Phi) is 5.50.